The number of hydrogen-bond acceptors (Lipinski definition) is 3. The van der Waals surface area contributed by atoms with Crippen molar-refractivity contribution in [1.29, 1.82) is 0 Å². The van der Waals surface area contributed by atoms with E-state index in [-0.39, 0.29) is 35.5 Å². The molecule has 1 saturated heterocycles. The van der Waals surface area contributed by atoms with Gasteiger partial charge in [0.25, 0.3) is 0 Å². The normalized spacial score (nSPS) is 31.1. The Morgan fingerprint density at radius 2 is 1.48 bits per heavy atom. The molecule has 0 N–H and O–H groups in total. The summed E-state index contributed by atoms with van der Waals surface area (Å²) in [6.07, 6.45) is 5.23. The first-order chi connectivity index (χ1) is 11.2. The first-order valence-corrected chi connectivity index (χ1v) is 8.56. The summed E-state index contributed by atoms with van der Waals surface area (Å²) in [5, 5.41) is 0. The molecule has 0 unspecified atom stereocenters. The average molecular weight is 310 g/mol. The predicted molar refractivity (Wildman–Crippen MR) is 90.2 cm³/mol. The molecule has 4 atom stereocenters. The highest BCUT2D eigenvalue weighted by Gasteiger charge is 2.59. The first kappa shape index (κ1) is 14.5. The molecule has 2 aliphatic carbocycles. The number of fused-ring (bicyclic) bond motifs is 5. The monoisotopic (exact) mass is 310 g/mol. The van der Waals surface area contributed by atoms with Crippen molar-refractivity contribution in [1.82, 2.24) is 0 Å². The first-order valence-electron chi connectivity index (χ1n) is 8.56. The Morgan fingerprint density at radius 3 is 1.96 bits per heavy atom. The quantitative estimate of drug-likeness (QED) is 0.634. The molecule has 2 amide bonds. The minimum absolute atomic E-state index is 0.00700. The van der Waals surface area contributed by atoms with Crippen LogP contribution in [0.4, 0.5) is 11.4 Å². The van der Waals surface area contributed by atoms with E-state index in [9.17, 15) is 9.59 Å². The van der Waals surface area contributed by atoms with Crippen LogP contribution in [0, 0.1) is 23.7 Å². The molecule has 3 aliphatic rings. The van der Waals surface area contributed by atoms with Gasteiger partial charge in [-0.3, -0.25) is 14.5 Å². The van der Waals surface area contributed by atoms with Gasteiger partial charge < -0.3 is 4.90 Å². The zero-order valence-electron chi connectivity index (χ0n) is 13.6. The Balaban J connectivity index is 1.62. The molecular weight excluding hydrogens is 288 g/mol. The van der Waals surface area contributed by atoms with Crippen LogP contribution >= 0.6 is 0 Å². The van der Waals surface area contributed by atoms with Crippen LogP contribution in [0.5, 0.6) is 0 Å². The van der Waals surface area contributed by atoms with E-state index in [4.69, 9.17) is 0 Å². The molecule has 2 bridgehead atoms. The fourth-order valence-corrected chi connectivity index (χ4v) is 4.56. The number of hydrogen-bond donors (Lipinski definition) is 0. The Morgan fingerprint density at radius 1 is 0.957 bits per heavy atom. The van der Waals surface area contributed by atoms with Crippen molar-refractivity contribution < 1.29 is 9.59 Å². The number of anilines is 2. The third-order valence-corrected chi connectivity index (χ3v) is 5.71. The van der Waals surface area contributed by atoms with Gasteiger partial charge in [0.05, 0.1) is 17.5 Å². The van der Waals surface area contributed by atoms with Gasteiger partial charge in [0.2, 0.25) is 11.8 Å². The maximum atomic E-state index is 12.8. The van der Waals surface area contributed by atoms with Crippen molar-refractivity contribution in [2.24, 2.45) is 23.7 Å². The summed E-state index contributed by atoms with van der Waals surface area (Å²) in [5.41, 5.74) is 1.84. The van der Waals surface area contributed by atoms with E-state index in [2.05, 4.69) is 30.9 Å². The molecule has 1 aromatic carbocycles. The number of allylic oxidation sites excluding steroid dienone is 2. The predicted octanol–water partition coefficient (Wildman–Crippen LogP) is 2.84. The Hall–Kier alpha value is -2.10. The second-order valence-corrected chi connectivity index (χ2v) is 6.70. The van der Waals surface area contributed by atoms with Crippen molar-refractivity contribution in [2.75, 3.05) is 22.9 Å². The molecule has 0 radical (unpaired) electrons. The third-order valence-electron chi connectivity index (χ3n) is 5.71. The third kappa shape index (κ3) is 1.97. The molecule has 0 aromatic heterocycles. The summed E-state index contributed by atoms with van der Waals surface area (Å²) in [6.45, 7) is 6.12. The standard InChI is InChI=1S/C19H22N2O2/c1-3-20(4-2)14-7-9-15(10-8-14)21-18(22)16-12-5-6-13(11-12)17(16)19(21)23/h5-10,12-13,16-17H,3-4,11H2,1-2H3/t12-,13-,16+,17+/m0/s1. The van der Waals surface area contributed by atoms with Crippen molar-refractivity contribution in [3.8, 4) is 0 Å². The largest absolute Gasteiger partial charge is 0.372 e. The Kier molecular flexibility index (Phi) is 3.29. The molecule has 120 valence electrons. The van der Waals surface area contributed by atoms with Crippen molar-refractivity contribution in [3.63, 3.8) is 0 Å². The number of rotatable bonds is 4. The van der Waals surface area contributed by atoms with Gasteiger partial charge in [-0.25, -0.2) is 0 Å². The van der Waals surface area contributed by atoms with Crippen molar-refractivity contribution >= 4 is 23.2 Å². The van der Waals surface area contributed by atoms with E-state index in [0.717, 1.165) is 25.2 Å². The van der Waals surface area contributed by atoms with Gasteiger partial charge >= 0.3 is 0 Å². The molecule has 4 heteroatoms. The molecular formula is C19H22N2O2. The molecule has 23 heavy (non-hydrogen) atoms. The van der Waals surface area contributed by atoms with Crippen LogP contribution in [0.2, 0.25) is 0 Å². The lowest BCUT2D eigenvalue weighted by atomic mass is 9.85. The van der Waals surface area contributed by atoms with Crippen LogP contribution in [0.15, 0.2) is 36.4 Å². The molecule has 1 heterocycles. The lowest BCUT2D eigenvalue weighted by Gasteiger charge is -2.22. The van der Waals surface area contributed by atoms with Gasteiger partial charge in [-0.15, -0.1) is 0 Å². The summed E-state index contributed by atoms with van der Waals surface area (Å²) in [7, 11) is 0. The van der Waals surface area contributed by atoms with Gasteiger partial charge in [-0.1, -0.05) is 12.2 Å². The maximum Gasteiger partial charge on any atom is 0.238 e. The minimum Gasteiger partial charge on any atom is -0.372 e. The molecule has 0 spiro atoms. The SMILES string of the molecule is CCN(CC)c1ccc(N2C(=O)[C@H]3[C@H](C2=O)[C@H]2C=C[C@H]3C2)cc1. The molecule has 4 nitrogen and oxygen atoms in total. The summed E-state index contributed by atoms with van der Waals surface area (Å²) in [5.74, 6) is 0.266. The molecule has 1 saturated carbocycles. The second kappa shape index (κ2) is 5.22. The highest BCUT2D eigenvalue weighted by molar-refractivity contribution is 6.22. The number of carbonyl (C=O) groups is 2. The zero-order valence-corrected chi connectivity index (χ0v) is 13.6. The summed E-state index contributed by atoms with van der Waals surface area (Å²) >= 11 is 0. The molecule has 1 aliphatic heterocycles. The number of benzene rings is 1. The molecule has 1 aromatic rings. The van der Waals surface area contributed by atoms with E-state index in [0.29, 0.717) is 5.69 Å². The van der Waals surface area contributed by atoms with Crippen LogP contribution in [0.25, 0.3) is 0 Å². The van der Waals surface area contributed by atoms with E-state index < -0.39 is 0 Å². The highest BCUT2D eigenvalue weighted by Crippen LogP contribution is 2.53. The fraction of sp³-hybridized carbons (Fsp3) is 0.474. The smallest absolute Gasteiger partial charge is 0.238 e. The number of carbonyl (C=O) groups excluding carboxylic acids is 2. The van der Waals surface area contributed by atoms with Crippen molar-refractivity contribution in [2.45, 2.75) is 20.3 Å². The summed E-state index contributed by atoms with van der Waals surface area (Å²) < 4.78 is 0. The minimum atomic E-state index is -0.125. The zero-order chi connectivity index (χ0) is 16.1. The maximum absolute atomic E-state index is 12.8. The van der Waals surface area contributed by atoms with Gasteiger partial charge in [-0.2, -0.15) is 0 Å². The topological polar surface area (TPSA) is 40.6 Å². The van der Waals surface area contributed by atoms with Gasteiger partial charge in [0.15, 0.2) is 0 Å². The lowest BCUT2D eigenvalue weighted by Crippen LogP contribution is -2.32. The number of imide groups is 1. The average Bonchev–Trinajstić information content (AvgIpc) is 3.24. The van der Waals surface area contributed by atoms with E-state index in [1.54, 1.807) is 0 Å². The van der Waals surface area contributed by atoms with Crippen molar-refractivity contribution in [3.05, 3.63) is 36.4 Å². The van der Waals surface area contributed by atoms with E-state index >= 15 is 0 Å². The molecule has 2 fully saturated rings. The molecule has 4 rings (SSSR count). The lowest BCUT2D eigenvalue weighted by molar-refractivity contribution is -0.123. The van der Waals surface area contributed by atoms with Gasteiger partial charge in [-0.05, 0) is 56.4 Å². The number of nitrogens with zero attached hydrogens (tertiary/aromatic N) is 2. The van der Waals surface area contributed by atoms with Crippen LogP contribution in [0.3, 0.4) is 0 Å². The second-order valence-electron chi connectivity index (χ2n) is 6.70. The van der Waals surface area contributed by atoms with E-state index in [1.807, 2.05) is 24.3 Å². The number of amides is 2. The summed E-state index contributed by atoms with van der Waals surface area (Å²) in [4.78, 5) is 29.2. The van der Waals surface area contributed by atoms with E-state index in [1.165, 1.54) is 4.90 Å². The Labute approximate surface area is 136 Å². The summed E-state index contributed by atoms with van der Waals surface area (Å²) in [6, 6.07) is 7.81. The van der Waals surface area contributed by atoms with Gasteiger partial charge in [0, 0.05) is 18.8 Å². The van der Waals surface area contributed by atoms with Crippen LogP contribution in [-0.2, 0) is 9.59 Å². The highest BCUT2D eigenvalue weighted by atomic mass is 16.2. The Bertz CT molecular complexity index is 645. The van der Waals surface area contributed by atoms with Crippen LogP contribution < -0.4 is 9.80 Å². The fourth-order valence-electron chi connectivity index (χ4n) is 4.56. The van der Waals surface area contributed by atoms with Crippen LogP contribution in [0.1, 0.15) is 20.3 Å². The van der Waals surface area contributed by atoms with Gasteiger partial charge in [0.1, 0.15) is 0 Å². The van der Waals surface area contributed by atoms with Crippen LogP contribution in [-0.4, -0.2) is 24.9 Å².